The van der Waals surface area contributed by atoms with Gasteiger partial charge in [0.25, 0.3) is 0 Å². The Morgan fingerprint density at radius 3 is 2.60 bits per heavy atom. The summed E-state index contributed by atoms with van der Waals surface area (Å²) >= 11 is 3.56. The van der Waals surface area contributed by atoms with Gasteiger partial charge in [-0.1, -0.05) is 22.0 Å². The number of rotatable bonds is 2. The smallest absolute Gasteiger partial charge is 0.124 e. The molecule has 0 atom stereocenters. The van der Waals surface area contributed by atoms with E-state index >= 15 is 0 Å². The Bertz CT molecular complexity index is 444. The van der Waals surface area contributed by atoms with Gasteiger partial charge in [0.15, 0.2) is 0 Å². The minimum Gasteiger partial charge on any atom is -0.496 e. The van der Waals surface area contributed by atoms with Crippen LogP contribution in [0.4, 0.5) is 0 Å². The van der Waals surface area contributed by atoms with Crippen LogP contribution in [0.1, 0.15) is 24.0 Å². The number of halogens is 1. The van der Waals surface area contributed by atoms with E-state index in [1.807, 2.05) is 19.1 Å². The molecule has 2 nitrogen and oxygen atoms in total. The predicted molar refractivity (Wildman–Crippen MR) is 62.0 cm³/mol. The molecular formula is C12H12BrNO. The van der Waals surface area contributed by atoms with Crippen LogP contribution in [0.25, 0.3) is 0 Å². The van der Waals surface area contributed by atoms with Crippen LogP contribution in [0, 0.1) is 18.3 Å². The van der Waals surface area contributed by atoms with Gasteiger partial charge < -0.3 is 4.74 Å². The van der Waals surface area contributed by atoms with E-state index < -0.39 is 0 Å². The van der Waals surface area contributed by atoms with Crippen LogP contribution in [0.15, 0.2) is 16.6 Å². The zero-order valence-corrected chi connectivity index (χ0v) is 10.4. The van der Waals surface area contributed by atoms with Crippen LogP contribution in [0.2, 0.25) is 0 Å². The highest BCUT2D eigenvalue weighted by Gasteiger charge is 2.48. The Hall–Kier alpha value is -1.01. The second-order valence-corrected chi connectivity index (χ2v) is 4.76. The number of ether oxygens (including phenoxy) is 1. The highest BCUT2D eigenvalue weighted by atomic mass is 79.9. The van der Waals surface area contributed by atoms with Gasteiger partial charge in [-0.15, -0.1) is 0 Å². The summed E-state index contributed by atoms with van der Waals surface area (Å²) in [5.74, 6) is 0.812. The fourth-order valence-corrected chi connectivity index (χ4v) is 2.53. The van der Waals surface area contributed by atoms with Gasteiger partial charge in [-0.2, -0.15) is 5.26 Å². The van der Waals surface area contributed by atoms with Crippen LogP contribution >= 0.6 is 15.9 Å². The third kappa shape index (κ3) is 1.53. The van der Waals surface area contributed by atoms with E-state index in [1.54, 1.807) is 7.11 Å². The quantitative estimate of drug-likeness (QED) is 0.822. The van der Waals surface area contributed by atoms with Gasteiger partial charge in [0.05, 0.1) is 18.6 Å². The van der Waals surface area contributed by atoms with Crippen molar-refractivity contribution in [3.05, 3.63) is 27.7 Å². The second-order valence-electron chi connectivity index (χ2n) is 3.97. The maximum absolute atomic E-state index is 9.22. The molecule has 1 aromatic carbocycles. The molecule has 0 amide bonds. The number of hydrogen-bond acceptors (Lipinski definition) is 2. The average Bonchev–Trinajstić information content (AvgIpc) is 3.02. The molecule has 0 unspecified atom stereocenters. The molecule has 0 saturated heterocycles. The molecule has 0 aromatic heterocycles. The van der Waals surface area contributed by atoms with Crippen LogP contribution in [-0.2, 0) is 5.41 Å². The fourth-order valence-electron chi connectivity index (χ4n) is 1.82. The number of nitriles is 1. The molecule has 3 heteroatoms. The maximum Gasteiger partial charge on any atom is 0.124 e. The van der Waals surface area contributed by atoms with Gasteiger partial charge in [0.2, 0.25) is 0 Å². The molecule has 0 N–H and O–H groups in total. The fraction of sp³-hybridized carbons (Fsp3) is 0.417. The molecule has 1 aliphatic carbocycles. The third-order valence-corrected chi connectivity index (χ3v) is 3.98. The molecule has 0 heterocycles. The number of hydrogen-bond donors (Lipinski definition) is 0. The summed E-state index contributed by atoms with van der Waals surface area (Å²) in [6.45, 7) is 2.03. The molecule has 0 spiro atoms. The number of benzene rings is 1. The molecule has 1 aromatic rings. The number of aryl methyl sites for hydroxylation is 1. The van der Waals surface area contributed by atoms with Crippen molar-refractivity contribution in [3.63, 3.8) is 0 Å². The molecule has 0 bridgehead atoms. The summed E-state index contributed by atoms with van der Waals surface area (Å²) in [4.78, 5) is 0. The van der Waals surface area contributed by atoms with E-state index in [9.17, 15) is 5.26 Å². The lowest BCUT2D eigenvalue weighted by Gasteiger charge is -2.15. The topological polar surface area (TPSA) is 33.0 Å². The van der Waals surface area contributed by atoms with E-state index in [0.717, 1.165) is 34.2 Å². The number of nitrogens with zero attached hydrogens (tertiary/aromatic N) is 1. The first-order valence-corrected chi connectivity index (χ1v) is 5.69. The van der Waals surface area contributed by atoms with Crippen molar-refractivity contribution in [1.82, 2.24) is 0 Å². The van der Waals surface area contributed by atoms with Crippen LogP contribution in [0.5, 0.6) is 5.75 Å². The number of methoxy groups -OCH3 is 1. The summed E-state index contributed by atoms with van der Waals surface area (Å²) in [6.07, 6.45) is 1.86. The van der Waals surface area contributed by atoms with Crippen LogP contribution < -0.4 is 4.74 Å². The lowest BCUT2D eigenvalue weighted by Crippen LogP contribution is -2.07. The van der Waals surface area contributed by atoms with Crippen LogP contribution in [0.3, 0.4) is 0 Å². The van der Waals surface area contributed by atoms with E-state index in [1.165, 1.54) is 0 Å². The normalized spacial score (nSPS) is 16.9. The SMILES string of the molecule is COc1ccc(C)c(Br)c1C1(C#N)CC1. The summed E-state index contributed by atoms with van der Waals surface area (Å²) in [7, 11) is 1.65. The third-order valence-electron chi connectivity index (χ3n) is 2.96. The highest BCUT2D eigenvalue weighted by Crippen LogP contribution is 2.53. The Labute approximate surface area is 98.0 Å². The maximum atomic E-state index is 9.22. The molecule has 1 aliphatic rings. The molecule has 2 rings (SSSR count). The van der Waals surface area contributed by atoms with Gasteiger partial charge in [0.1, 0.15) is 5.75 Å². The van der Waals surface area contributed by atoms with Gasteiger partial charge in [-0.05, 0) is 31.4 Å². The van der Waals surface area contributed by atoms with Crippen molar-refractivity contribution in [2.75, 3.05) is 7.11 Å². The van der Waals surface area contributed by atoms with Crippen LogP contribution in [-0.4, -0.2) is 7.11 Å². The highest BCUT2D eigenvalue weighted by molar-refractivity contribution is 9.10. The van der Waals surface area contributed by atoms with Crippen molar-refractivity contribution < 1.29 is 4.74 Å². The summed E-state index contributed by atoms with van der Waals surface area (Å²) in [6, 6.07) is 6.34. The minimum absolute atomic E-state index is 0.309. The first kappa shape index (κ1) is 10.5. The minimum atomic E-state index is -0.309. The van der Waals surface area contributed by atoms with E-state index in [-0.39, 0.29) is 5.41 Å². The summed E-state index contributed by atoms with van der Waals surface area (Å²) in [5.41, 5.74) is 1.86. The Kier molecular flexibility index (Phi) is 2.47. The summed E-state index contributed by atoms with van der Waals surface area (Å²) < 4.78 is 6.34. The molecule has 1 fully saturated rings. The van der Waals surface area contributed by atoms with E-state index in [4.69, 9.17) is 4.74 Å². The standard InChI is InChI=1S/C12H12BrNO/c1-8-3-4-9(15-2)10(11(8)13)12(7-14)5-6-12/h3-4H,5-6H2,1-2H3. The lowest BCUT2D eigenvalue weighted by molar-refractivity contribution is 0.407. The van der Waals surface area contributed by atoms with E-state index in [2.05, 4.69) is 22.0 Å². The first-order valence-electron chi connectivity index (χ1n) is 4.89. The van der Waals surface area contributed by atoms with Gasteiger partial charge in [-0.25, -0.2) is 0 Å². The lowest BCUT2D eigenvalue weighted by atomic mass is 9.95. The Balaban J connectivity index is 2.63. The zero-order valence-electron chi connectivity index (χ0n) is 8.80. The van der Waals surface area contributed by atoms with Crippen molar-refractivity contribution in [2.24, 2.45) is 0 Å². The van der Waals surface area contributed by atoms with Gasteiger partial charge in [-0.3, -0.25) is 0 Å². The van der Waals surface area contributed by atoms with Crippen molar-refractivity contribution in [2.45, 2.75) is 25.2 Å². The van der Waals surface area contributed by atoms with Crippen molar-refractivity contribution in [1.29, 1.82) is 5.26 Å². The molecular weight excluding hydrogens is 254 g/mol. The zero-order chi connectivity index (χ0) is 11.1. The van der Waals surface area contributed by atoms with Gasteiger partial charge >= 0.3 is 0 Å². The van der Waals surface area contributed by atoms with Crippen molar-refractivity contribution >= 4 is 15.9 Å². The molecule has 0 aliphatic heterocycles. The Morgan fingerprint density at radius 2 is 2.13 bits per heavy atom. The van der Waals surface area contributed by atoms with Crippen molar-refractivity contribution in [3.8, 4) is 11.8 Å². The molecule has 15 heavy (non-hydrogen) atoms. The summed E-state index contributed by atoms with van der Waals surface area (Å²) in [5, 5.41) is 9.22. The Morgan fingerprint density at radius 1 is 1.47 bits per heavy atom. The van der Waals surface area contributed by atoms with E-state index in [0.29, 0.717) is 0 Å². The molecule has 78 valence electrons. The monoisotopic (exact) mass is 265 g/mol. The first-order chi connectivity index (χ1) is 7.14. The average molecular weight is 266 g/mol. The van der Waals surface area contributed by atoms with Gasteiger partial charge in [0, 0.05) is 10.0 Å². The molecule has 1 saturated carbocycles. The largest absolute Gasteiger partial charge is 0.496 e. The molecule has 0 radical (unpaired) electrons. The second kappa shape index (κ2) is 3.53. The predicted octanol–water partition coefficient (Wildman–Crippen LogP) is 3.32.